The topological polar surface area (TPSA) is 13.0 Å². The minimum atomic E-state index is -0.559. The van der Waals surface area contributed by atoms with Gasteiger partial charge >= 0.3 is 21.1 Å². The summed E-state index contributed by atoms with van der Waals surface area (Å²) in [6, 6.07) is 36.3. The normalized spacial score (nSPS) is 16.5. The minimum absolute atomic E-state index is 0. The van der Waals surface area contributed by atoms with Crippen molar-refractivity contribution in [2.75, 3.05) is 23.9 Å². The van der Waals surface area contributed by atoms with Crippen LogP contribution in [0.25, 0.3) is 11.1 Å². The van der Waals surface area contributed by atoms with Crippen LogP contribution in [0.2, 0.25) is 0 Å². The number of fused-ring (bicyclic) bond motifs is 3. The van der Waals surface area contributed by atoms with Gasteiger partial charge in [-0.2, -0.15) is 61.9 Å². The molecule has 5 heteroatoms. The maximum atomic E-state index is 3.83. The van der Waals surface area contributed by atoms with E-state index in [-0.39, 0.29) is 21.1 Å². The van der Waals surface area contributed by atoms with Crippen molar-refractivity contribution in [1.29, 1.82) is 0 Å². The molecule has 4 nitrogen and oxygen atoms in total. The van der Waals surface area contributed by atoms with Gasteiger partial charge in [0.1, 0.15) is 0 Å². The Morgan fingerprint density at radius 1 is 0.615 bits per heavy atom. The van der Waals surface area contributed by atoms with Gasteiger partial charge in [-0.05, 0) is 68.1 Å². The quantitative estimate of drug-likeness (QED) is 0.197. The van der Waals surface area contributed by atoms with E-state index in [0.717, 1.165) is 22.5 Å². The third kappa shape index (κ3) is 4.01. The molecular weight excluding hydrogens is 659 g/mol. The summed E-state index contributed by atoms with van der Waals surface area (Å²) in [5.74, 6) is 0. The fraction of sp³-hybridized carbons (Fsp3) is 0.118. The molecular formula is C34H28N4Pt. The second-order valence-corrected chi connectivity index (χ2v) is 10.2. The second kappa shape index (κ2) is 9.77. The molecule has 0 spiro atoms. The van der Waals surface area contributed by atoms with E-state index < -0.39 is 5.41 Å². The smallest absolute Gasteiger partial charge is 0.510 e. The third-order valence-corrected chi connectivity index (χ3v) is 7.66. The summed E-state index contributed by atoms with van der Waals surface area (Å²) < 4.78 is 0. The van der Waals surface area contributed by atoms with Crippen LogP contribution >= 0.6 is 0 Å². The van der Waals surface area contributed by atoms with Gasteiger partial charge in [0.05, 0.1) is 0 Å². The average Bonchev–Trinajstić information content (AvgIpc) is 3.65. The fourth-order valence-corrected chi connectivity index (χ4v) is 5.96. The first-order valence-corrected chi connectivity index (χ1v) is 12.9. The zero-order valence-corrected chi connectivity index (χ0v) is 24.3. The number of aryl methyl sites for hydroxylation is 1. The van der Waals surface area contributed by atoms with E-state index in [1.807, 2.05) is 36.3 Å². The van der Waals surface area contributed by atoms with Gasteiger partial charge in [-0.15, -0.1) is 22.5 Å². The van der Waals surface area contributed by atoms with Crippen molar-refractivity contribution >= 4 is 11.4 Å². The van der Waals surface area contributed by atoms with Crippen molar-refractivity contribution < 1.29 is 21.1 Å². The summed E-state index contributed by atoms with van der Waals surface area (Å²) in [7, 11) is 4.07. The molecule has 0 bridgehead atoms. The largest absolute Gasteiger partial charge is 4.00 e. The van der Waals surface area contributed by atoms with Crippen LogP contribution in [0.4, 0.5) is 11.4 Å². The Morgan fingerprint density at radius 3 is 1.74 bits per heavy atom. The monoisotopic (exact) mass is 687 g/mol. The molecule has 39 heavy (non-hydrogen) atoms. The Hall–Kier alpha value is -3.75. The van der Waals surface area contributed by atoms with Crippen LogP contribution in [0.15, 0.2) is 104 Å². The van der Waals surface area contributed by atoms with Crippen molar-refractivity contribution in [2.24, 2.45) is 0 Å². The molecule has 194 valence electrons. The maximum absolute atomic E-state index is 3.83. The molecule has 3 aliphatic rings. The summed E-state index contributed by atoms with van der Waals surface area (Å²) in [6.45, 7) is 6.31. The Kier molecular flexibility index (Phi) is 6.39. The van der Waals surface area contributed by atoms with Crippen LogP contribution in [-0.2, 0) is 26.5 Å². The predicted molar refractivity (Wildman–Crippen MR) is 154 cm³/mol. The van der Waals surface area contributed by atoms with Crippen molar-refractivity contribution in [3.8, 4) is 11.1 Å². The van der Waals surface area contributed by atoms with Crippen molar-refractivity contribution in [3.05, 3.63) is 157 Å². The van der Waals surface area contributed by atoms with Gasteiger partial charge in [0, 0.05) is 5.41 Å². The summed E-state index contributed by atoms with van der Waals surface area (Å²) in [6.07, 6.45) is 8.24. The number of benzene rings is 4. The Bertz CT molecular complexity index is 1540. The summed E-state index contributed by atoms with van der Waals surface area (Å²) in [5.41, 5.74) is 9.99. The van der Waals surface area contributed by atoms with Crippen LogP contribution in [0.1, 0.15) is 27.8 Å². The molecule has 2 aliphatic heterocycles. The zero-order chi connectivity index (χ0) is 25.9. The molecule has 0 saturated carbocycles. The Labute approximate surface area is 245 Å². The van der Waals surface area contributed by atoms with Crippen LogP contribution in [-0.4, -0.2) is 23.9 Å². The van der Waals surface area contributed by atoms with E-state index in [1.54, 1.807) is 0 Å². The maximum Gasteiger partial charge on any atom is 4.00 e. The van der Waals surface area contributed by atoms with E-state index in [9.17, 15) is 0 Å². The molecule has 0 unspecified atom stereocenters. The first kappa shape index (κ1) is 25.5. The Morgan fingerprint density at radius 2 is 1.18 bits per heavy atom. The summed E-state index contributed by atoms with van der Waals surface area (Å²) >= 11 is 0. The van der Waals surface area contributed by atoms with E-state index in [4.69, 9.17) is 0 Å². The van der Waals surface area contributed by atoms with Gasteiger partial charge in [0.15, 0.2) is 0 Å². The number of anilines is 2. The van der Waals surface area contributed by atoms with Crippen molar-refractivity contribution in [3.63, 3.8) is 0 Å². The molecule has 1 aliphatic carbocycles. The third-order valence-electron chi connectivity index (χ3n) is 7.66. The molecule has 0 fully saturated rings. The summed E-state index contributed by atoms with van der Waals surface area (Å²) in [4.78, 5) is 8.34. The molecule has 0 N–H and O–H groups in total. The molecule has 2 heterocycles. The van der Waals surface area contributed by atoms with E-state index >= 15 is 0 Å². The first-order valence-electron chi connectivity index (χ1n) is 12.9. The zero-order valence-electron chi connectivity index (χ0n) is 22.1. The van der Waals surface area contributed by atoms with Gasteiger partial charge in [-0.1, -0.05) is 48.0 Å². The minimum Gasteiger partial charge on any atom is -0.510 e. The number of rotatable bonds is 4. The molecule has 0 atom stereocenters. The molecule has 0 radical (unpaired) electrons. The van der Waals surface area contributed by atoms with Crippen LogP contribution in [0, 0.1) is 32.4 Å². The predicted octanol–water partition coefficient (Wildman–Crippen LogP) is 6.64. The number of hydrogen-bond acceptors (Lipinski definition) is 4. The van der Waals surface area contributed by atoms with Gasteiger partial charge in [-0.25, -0.2) is 0 Å². The van der Waals surface area contributed by atoms with Crippen LogP contribution in [0.3, 0.4) is 0 Å². The standard InChI is InChI=1S/C34H28N4.Pt/c1-25-14-15-33-31(20-25)30-12-4-5-13-32(30)34(33,26-8-6-10-28(21-26)37-18-16-35(2)23-37)27-9-7-11-29(22-27)38-19-17-36(3)24-38;/h4-20,23-24H,1-3H3;/q-4;+4. The molecule has 0 amide bonds. The van der Waals surface area contributed by atoms with Gasteiger partial charge < -0.3 is 19.6 Å². The van der Waals surface area contributed by atoms with Gasteiger partial charge in [0.2, 0.25) is 0 Å². The molecule has 4 aromatic carbocycles. The van der Waals surface area contributed by atoms with E-state index in [1.165, 1.54) is 27.8 Å². The van der Waals surface area contributed by atoms with Crippen LogP contribution in [0.5, 0.6) is 0 Å². The van der Waals surface area contributed by atoms with Gasteiger partial charge in [0.25, 0.3) is 0 Å². The SMILES string of the molecule is Cc1ccc2c(c1)-c1ccccc1C2(c1[c-]c(N2C=CN(C)[CH-]2)ccc1)c1[c-]c(N2C=CN(C)[CH-]2)ccc1.[Pt+4]. The second-order valence-electron chi connectivity index (χ2n) is 10.2. The molecule has 0 saturated heterocycles. The van der Waals surface area contributed by atoms with E-state index in [2.05, 4.69) is 133 Å². The molecule has 4 aromatic rings. The van der Waals surface area contributed by atoms with E-state index in [0.29, 0.717) is 0 Å². The van der Waals surface area contributed by atoms with Gasteiger partial charge in [-0.3, -0.25) is 0 Å². The number of hydrogen-bond donors (Lipinski definition) is 0. The Balaban J connectivity index is 0.00000277. The molecule has 0 aromatic heterocycles. The number of nitrogens with zero attached hydrogens (tertiary/aromatic N) is 4. The first-order chi connectivity index (χ1) is 18.5. The van der Waals surface area contributed by atoms with Crippen LogP contribution < -0.4 is 9.80 Å². The summed E-state index contributed by atoms with van der Waals surface area (Å²) in [5, 5.41) is 0. The average molecular weight is 688 g/mol. The fourth-order valence-electron chi connectivity index (χ4n) is 5.96. The van der Waals surface area contributed by atoms with Crippen molar-refractivity contribution in [2.45, 2.75) is 12.3 Å². The van der Waals surface area contributed by atoms with Crippen molar-refractivity contribution in [1.82, 2.24) is 9.80 Å². The molecule has 7 rings (SSSR count).